The van der Waals surface area contributed by atoms with Gasteiger partial charge in [-0.05, 0) is 62.1 Å². The fourth-order valence-electron chi connectivity index (χ4n) is 3.30. The first-order valence-corrected chi connectivity index (χ1v) is 8.83. The number of amides is 2. The van der Waals surface area contributed by atoms with Crippen LogP contribution in [0.3, 0.4) is 0 Å². The molecule has 0 aromatic heterocycles. The molecule has 1 fully saturated rings. The van der Waals surface area contributed by atoms with Gasteiger partial charge in [-0.1, -0.05) is 24.3 Å². The molecular formula is C21H24N2O2. The van der Waals surface area contributed by atoms with Crippen LogP contribution in [-0.4, -0.2) is 18.4 Å². The van der Waals surface area contributed by atoms with Crippen LogP contribution >= 0.6 is 0 Å². The van der Waals surface area contributed by atoms with Crippen molar-refractivity contribution < 1.29 is 9.59 Å². The highest BCUT2D eigenvalue weighted by Crippen LogP contribution is 2.22. The molecule has 1 heterocycles. The number of anilines is 1. The van der Waals surface area contributed by atoms with Crippen LogP contribution in [0, 0.1) is 6.92 Å². The van der Waals surface area contributed by atoms with E-state index in [4.69, 9.17) is 0 Å². The van der Waals surface area contributed by atoms with Crippen molar-refractivity contribution in [3.63, 3.8) is 0 Å². The molecule has 1 atom stereocenters. The third kappa shape index (κ3) is 3.90. The standard InChI is InChI=1S/C21H24N2O2/c1-15-7-3-4-8-19(15)16(2)22-21(25)17-10-12-18(13-11-17)23-14-6-5-9-20(23)24/h3-4,7-8,10-13,16H,5-6,9,14H2,1-2H3,(H,22,25). The minimum absolute atomic E-state index is 0.0583. The van der Waals surface area contributed by atoms with Gasteiger partial charge in [-0.25, -0.2) is 0 Å². The lowest BCUT2D eigenvalue weighted by molar-refractivity contribution is -0.119. The predicted octanol–water partition coefficient (Wildman–Crippen LogP) is 4.00. The van der Waals surface area contributed by atoms with Gasteiger partial charge in [0.25, 0.3) is 5.91 Å². The highest BCUT2D eigenvalue weighted by Gasteiger charge is 2.20. The number of benzene rings is 2. The lowest BCUT2D eigenvalue weighted by atomic mass is 10.0. The molecule has 1 N–H and O–H groups in total. The Morgan fingerprint density at radius 2 is 1.80 bits per heavy atom. The SMILES string of the molecule is Cc1ccccc1C(C)NC(=O)c1ccc(N2CCCCC2=O)cc1. The van der Waals surface area contributed by atoms with E-state index in [1.54, 1.807) is 17.0 Å². The fraction of sp³-hybridized carbons (Fsp3) is 0.333. The second-order valence-corrected chi connectivity index (χ2v) is 6.60. The summed E-state index contributed by atoms with van der Waals surface area (Å²) in [6.07, 6.45) is 2.60. The first kappa shape index (κ1) is 17.2. The van der Waals surface area contributed by atoms with Gasteiger partial charge < -0.3 is 10.2 Å². The van der Waals surface area contributed by atoms with Gasteiger partial charge in [-0.15, -0.1) is 0 Å². The first-order valence-electron chi connectivity index (χ1n) is 8.83. The van der Waals surface area contributed by atoms with E-state index in [-0.39, 0.29) is 17.9 Å². The molecule has 4 nitrogen and oxygen atoms in total. The van der Waals surface area contributed by atoms with Gasteiger partial charge in [-0.3, -0.25) is 9.59 Å². The smallest absolute Gasteiger partial charge is 0.251 e. The van der Waals surface area contributed by atoms with Gasteiger partial charge in [0.05, 0.1) is 6.04 Å². The van der Waals surface area contributed by atoms with Crippen molar-refractivity contribution in [2.75, 3.05) is 11.4 Å². The summed E-state index contributed by atoms with van der Waals surface area (Å²) in [5, 5.41) is 3.04. The Hall–Kier alpha value is -2.62. The summed E-state index contributed by atoms with van der Waals surface area (Å²) in [6, 6.07) is 15.3. The normalized spacial score (nSPS) is 15.8. The molecule has 2 aromatic carbocycles. The largest absolute Gasteiger partial charge is 0.346 e. The van der Waals surface area contributed by atoms with E-state index < -0.39 is 0 Å². The Balaban J connectivity index is 1.68. The van der Waals surface area contributed by atoms with E-state index in [1.165, 1.54) is 0 Å². The van der Waals surface area contributed by atoms with Crippen LogP contribution < -0.4 is 10.2 Å². The second-order valence-electron chi connectivity index (χ2n) is 6.60. The van der Waals surface area contributed by atoms with E-state index in [2.05, 4.69) is 5.32 Å². The van der Waals surface area contributed by atoms with E-state index in [1.807, 2.05) is 50.2 Å². The van der Waals surface area contributed by atoms with Gasteiger partial charge >= 0.3 is 0 Å². The highest BCUT2D eigenvalue weighted by atomic mass is 16.2. The molecule has 2 aromatic rings. The molecular weight excluding hydrogens is 312 g/mol. The van der Waals surface area contributed by atoms with Crippen molar-refractivity contribution in [2.45, 2.75) is 39.2 Å². The monoisotopic (exact) mass is 336 g/mol. The average molecular weight is 336 g/mol. The van der Waals surface area contributed by atoms with Crippen LogP contribution in [0.15, 0.2) is 48.5 Å². The first-order chi connectivity index (χ1) is 12.1. The third-order valence-electron chi connectivity index (χ3n) is 4.77. The molecule has 1 aliphatic rings. The zero-order valence-electron chi connectivity index (χ0n) is 14.8. The van der Waals surface area contributed by atoms with Crippen molar-refractivity contribution in [2.24, 2.45) is 0 Å². The van der Waals surface area contributed by atoms with Crippen molar-refractivity contribution in [1.82, 2.24) is 5.32 Å². The van der Waals surface area contributed by atoms with Crippen LogP contribution in [0.1, 0.15) is 53.7 Å². The lowest BCUT2D eigenvalue weighted by Crippen LogP contribution is -2.35. The maximum absolute atomic E-state index is 12.5. The number of rotatable bonds is 4. The Bertz CT molecular complexity index is 768. The molecule has 0 bridgehead atoms. The summed E-state index contributed by atoms with van der Waals surface area (Å²) in [5.74, 6) is 0.0592. The number of nitrogens with zero attached hydrogens (tertiary/aromatic N) is 1. The quantitative estimate of drug-likeness (QED) is 0.917. The Morgan fingerprint density at radius 3 is 2.48 bits per heavy atom. The van der Waals surface area contributed by atoms with Gasteiger partial charge in [-0.2, -0.15) is 0 Å². The molecule has 25 heavy (non-hydrogen) atoms. The van der Waals surface area contributed by atoms with E-state index in [0.29, 0.717) is 12.0 Å². The average Bonchev–Trinajstić information content (AvgIpc) is 2.62. The minimum Gasteiger partial charge on any atom is -0.346 e. The van der Waals surface area contributed by atoms with Gasteiger partial charge in [0, 0.05) is 24.2 Å². The Morgan fingerprint density at radius 1 is 1.08 bits per heavy atom. The van der Waals surface area contributed by atoms with Crippen molar-refractivity contribution in [3.05, 3.63) is 65.2 Å². The molecule has 0 aliphatic carbocycles. The van der Waals surface area contributed by atoms with Crippen molar-refractivity contribution in [1.29, 1.82) is 0 Å². The third-order valence-corrected chi connectivity index (χ3v) is 4.77. The Kier molecular flexibility index (Phi) is 5.17. The number of piperidine rings is 1. The van der Waals surface area contributed by atoms with Crippen molar-refractivity contribution in [3.8, 4) is 0 Å². The van der Waals surface area contributed by atoms with Crippen LogP contribution in [-0.2, 0) is 4.79 Å². The summed E-state index contributed by atoms with van der Waals surface area (Å²) in [7, 11) is 0. The lowest BCUT2D eigenvalue weighted by Gasteiger charge is -2.26. The molecule has 1 saturated heterocycles. The zero-order chi connectivity index (χ0) is 17.8. The van der Waals surface area contributed by atoms with Crippen LogP contribution in [0.5, 0.6) is 0 Å². The highest BCUT2D eigenvalue weighted by molar-refractivity contribution is 5.97. The van der Waals surface area contributed by atoms with E-state index >= 15 is 0 Å². The number of carbonyl (C=O) groups excluding carboxylic acids is 2. The molecule has 0 spiro atoms. The molecule has 1 aliphatic heterocycles. The summed E-state index contributed by atoms with van der Waals surface area (Å²) in [4.78, 5) is 26.3. The van der Waals surface area contributed by atoms with Gasteiger partial charge in [0.1, 0.15) is 0 Å². The molecule has 0 saturated carbocycles. The molecule has 1 unspecified atom stereocenters. The number of hydrogen-bond donors (Lipinski definition) is 1. The number of nitrogens with one attached hydrogen (secondary N) is 1. The summed E-state index contributed by atoms with van der Waals surface area (Å²) >= 11 is 0. The minimum atomic E-state index is -0.104. The summed E-state index contributed by atoms with van der Waals surface area (Å²) in [5.41, 5.74) is 3.75. The molecule has 0 radical (unpaired) electrons. The number of carbonyl (C=O) groups is 2. The maximum atomic E-state index is 12.5. The summed E-state index contributed by atoms with van der Waals surface area (Å²) in [6.45, 7) is 4.79. The second kappa shape index (κ2) is 7.51. The van der Waals surface area contributed by atoms with Crippen LogP contribution in [0.2, 0.25) is 0 Å². The molecule has 4 heteroatoms. The van der Waals surface area contributed by atoms with Crippen LogP contribution in [0.25, 0.3) is 0 Å². The van der Waals surface area contributed by atoms with E-state index in [9.17, 15) is 9.59 Å². The van der Waals surface area contributed by atoms with Gasteiger partial charge in [0.2, 0.25) is 5.91 Å². The zero-order valence-corrected chi connectivity index (χ0v) is 14.8. The molecule has 130 valence electrons. The molecule has 2 amide bonds. The fourth-order valence-corrected chi connectivity index (χ4v) is 3.30. The van der Waals surface area contributed by atoms with Crippen molar-refractivity contribution >= 4 is 17.5 Å². The van der Waals surface area contributed by atoms with Crippen LogP contribution in [0.4, 0.5) is 5.69 Å². The topological polar surface area (TPSA) is 49.4 Å². The summed E-state index contributed by atoms with van der Waals surface area (Å²) < 4.78 is 0. The number of aryl methyl sites for hydroxylation is 1. The molecule has 3 rings (SSSR count). The van der Waals surface area contributed by atoms with E-state index in [0.717, 1.165) is 36.2 Å². The number of hydrogen-bond acceptors (Lipinski definition) is 2. The Labute approximate surface area is 148 Å². The predicted molar refractivity (Wildman–Crippen MR) is 99.7 cm³/mol. The maximum Gasteiger partial charge on any atom is 0.251 e. The van der Waals surface area contributed by atoms with Gasteiger partial charge in [0.15, 0.2) is 0 Å².